The van der Waals surface area contributed by atoms with E-state index in [1.165, 1.54) is 5.69 Å². The van der Waals surface area contributed by atoms with Crippen molar-refractivity contribution in [1.82, 2.24) is 10.2 Å². The molecule has 1 aliphatic rings. The number of nitrogens with zero attached hydrogens (tertiary/aromatic N) is 2. The molecule has 2 aromatic rings. The van der Waals surface area contributed by atoms with Crippen LogP contribution in [0.4, 0.5) is 11.4 Å². The predicted molar refractivity (Wildman–Crippen MR) is 120 cm³/mol. The Morgan fingerprint density at radius 1 is 0.963 bits per heavy atom. The number of rotatable bonds is 6. The lowest BCUT2D eigenvalue weighted by Crippen LogP contribution is -2.47. The van der Waals surface area contributed by atoms with E-state index in [0.29, 0.717) is 5.11 Å². The summed E-state index contributed by atoms with van der Waals surface area (Å²) in [6.07, 6.45) is 1.06. The van der Waals surface area contributed by atoms with Crippen molar-refractivity contribution in [3.8, 4) is 0 Å². The molecule has 0 spiro atoms. The number of thiocarbonyl (C=S) groups is 1. The molecular weight excluding hydrogens is 399 g/mol. The zero-order valence-corrected chi connectivity index (χ0v) is 17.5. The highest BCUT2D eigenvalue weighted by Crippen LogP contribution is 2.20. The number of nitrogens with one attached hydrogen (secondary N) is 2. The molecule has 0 atom stereocenters. The molecule has 4 nitrogen and oxygen atoms in total. The second-order valence-corrected chi connectivity index (χ2v) is 7.83. The van der Waals surface area contributed by atoms with Crippen LogP contribution in [0.25, 0.3) is 0 Å². The van der Waals surface area contributed by atoms with Gasteiger partial charge in [-0.1, -0.05) is 29.3 Å². The fourth-order valence-corrected chi connectivity index (χ4v) is 3.65. The summed E-state index contributed by atoms with van der Waals surface area (Å²) in [7, 11) is 0. The molecule has 0 aliphatic carbocycles. The molecule has 27 heavy (non-hydrogen) atoms. The highest BCUT2D eigenvalue weighted by atomic mass is 35.5. The third-order valence-electron chi connectivity index (χ3n) is 4.58. The minimum atomic E-state index is 0.642. The van der Waals surface area contributed by atoms with Crippen LogP contribution in [0.2, 0.25) is 10.0 Å². The third-order valence-corrected chi connectivity index (χ3v) is 5.32. The summed E-state index contributed by atoms with van der Waals surface area (Å²) < 4.78 is 0. The van der Waals surface area contributed by atoms with Gasteiger partial charge in [0.1, 0.15) is 0 Å². The van der Waals surface area contributed by atoms with Crippen molar-refractivity contribution in [2.75, 3.05) is 49.5 Å². The lowest BCUT2D eigenvalue weighted by Gasteiger charge is -2.36. The molecule has 1 heterocycles. The largest absolute Gasteiger partial charge is 0.369 e. The van der Waals surface area contributed by atoms with Crippen molar-refractivity contribution >= 4 is 51.9 Å². The fourth-order valence-electron chi connectivity index (χ4n) is 3.12. The van der Waals surface area contributed by atoms with Crippen molar-refractivity contribution in [1.29, 1.82) is 0 Å². The van der Waals surface area contributed by atoms with Gasteiger partial charge in [-0.3, -0.25) is 4.90 Å². The maximum atomic E-state index is 6.10. The molecule has 3 rings (SSSR count). The number of hydrogen-bond donors (Lipinski definition) is 2. The summed E-state index contributed by atoms with van der Waals surface area (Å²) in [6, 6.07) is 15.6. The highest BCUT2D eigenvalue weighted by Gasteiger charge is 2.16. The van der Waals surface area contributed by atoms with Gasteiger partial charge in [-0.15, -0.1) is 0 Å². The Bertz CT molecular complexity index is 746. The van der Waals surface area contributed by atoms with Crippen molar-refractivity contribution in [3.63, 3.8) is 0 Å². The summed E-state index contributed by atoms with van der Waals surface area (Å²) in [5.41, 5.74) is 2.15. The summed E-state index contributed by atoms with van der Waals surface area (Å²) >= 11 is 17.3. The first-order valence-corrected chi connectivity index (χ1v) is 10.3. The van der Waals surface area contributed by atoms with Gasteiger partial charge in [0.2, 0.25) is 0 Å². The summed E-state index contributed by atoms with van der Waals surface area (Å²) in [6.45, 7) is 6.13. The average Bonchev–Trinajstić information content (AvgIpc) is 2.68. The predicted octanol–water partition coefficient (Wildman–Crippen LogP) is 4.49. The number of benzene rings is 2. The van der Waals surface area contributed by atoms with Crippen LogP contribution in [0.1, 0.15) is 6.42 Å². The summed E-state index contributed by atoms with van der Waals surface area (Å²) in [5.74, 6) is 0. The normalized spacial score (nSPS) is 14.8. The van der Waals surface area contributed by atoms with Crippen molar-refractivity contribution in [2.24, 2.45) is 0 Å². The molecule has 2 N–H and O–H groups in total. The Balaban J connectivity index is 1.31. The standard InChI is InChI=1S/C20H24Cl2N4S/c21-16-5-7-18(8-6-16)24-20(27)23-9-2-10-25-11-13-26(14-12-25)19-4-1-3-17(22)15-19/h1,3-8,15H,2,9-14H2,(H2,23,24,27). The molecule has 0 aromatic heterocycles. The summed E-state index contributed by atoms with van der Waals surface area (Å²) in [5, 5.41) is 8.58. The zero-order chi connectivity index (χ0) is 19.1. The molecule has 0 bridgehead atoms. The van der Waals surface area contributed by atoms with Gasteiger partial charge in [0.05, 0.1) is 0 Å². The quantitative estimate of drug-likeness (QED) is 0.528. The molecule has 0 unspecified atom stereocenters. The molecule has 1 fully saturated rings. The van der Waals surface area contributed by atoms with Crippen LogP contribution in [0.5, 0.6) is 0 Å². The Labute approximate surface area is 176 Å². The smallest absolute Gasteiger partial charge is 0.170 e. The van der Waals surface area contributed by atoms with E-state index in [0.717, 1.165) is 61.4 Å². The SMILES string of the molecule is S=C(NCCCN1CCN(c2cccc(Cl)c2)CC1)Nc1ccc(Cl)cc1. The first-order valence-electron chi connectivity index (χ1n) is 9.13. The molecular formula is C20H24Cl2N4S. The van der Waals surface area contributed by atoms with Gasteiger partial charge >= 0.3 is 0 Å². The fraction of sp³-hybridized carbons (Fsp3) is 0.350. The molecule has 1 saturated heterocycles. The first kappa shape index (κ1) is 20.2. The summed E-state index contributed by atoms with van der Waals surface area (Å²) in [4.78, 5) is 4.89. The molecule has 2 aromatic carbocycles. The Hall–Kier alpha value is -1.53. The number of halogens is 2. The van der Waals surface area contributed by atoms with E-state index in [9.17, 15) is 0 Å². The Kier molecular flexibility index (Phi) is 7.59. The topological polar surface area (TPSA) is 30.5 Å². The molecule has 0 amide bonds. The Morgan fingerprint density at radius 2 is 1.70 bits per heavy atom. The second-order valence-electron chi connectivity index (χ2n) is 6.55. The zero-order valence-electron chi connectivity index (χ0n) is 15.1. The molecule has 1 aliphatic heterocycles. The lowest BCUT2D eigenvalue weighted by molar-refractivity contribution is 0.255. The highest BCUT2D eigenvalue weighted by molar-refractivity contribution is 7.80. The lowest BCUT2D eigenvalue weighted by atomic mass is 10.2. The molecule has 0 saturated carbocycles. The number of piperazine rings is 1. The Morgan fingerprint density at radius 3 is 2.41 bits per heavy atom. The van der Waals surface area contributed by atoms with E-state index >= 15 is 0 Å². The molecule has 144 valence electrons. The third kappa shape index (κ3) is 6.54. The van der Waals surface area contributed by atoms with Crippen molar-refractivity contribution in [2.45, 2.75) is 6.42 Å². The van der Waals surface area contributed by atoms with Crippen LogP contribution in [-0.4, -0.2) is 49.3 Å². The second kappa shape index (κ2) is 10.1. The van der Waals surface area contributed by atoms with Crippen LogP contribution in [-0.2, 0) is 0 Å². The number of anilines is 2. The minimum Gasteiger partial charge on any atom is -0.369 e. The maximum Gasteiger partial charge on any atom is 0.170 e. The maximum absolute atomic E-state index is 6.10. The van der Waals surface area contributed by atoms with E-state index in [1.54, 1.807) is 0 Å². The van der Waals surface area contributed by atoms with Crippen LogP contribution < -0.4 is 15.5 Å². The first-order chi connectivity index (χ1) is 13.1. The molecule has 7 heteroatoms. The van der Waals surface area contributed by atoms with Crippen molar-refractivity contribution in [3.05, 3.63) is 58.6 Å². The van der Waals surface area contributed by atoms with Gasteiger partial charge in [-0.25, -0.2) is 0 Å². The van der Waals surface area contributed by atoms with Gasteiger partial charge in [-0.05, 0) is 67.6 Å². The van der Waals surface area contributed by atoms with E-state index in [-0.39, 0.29) is 0 Å². The van der Waals surface area contributed by atoms with Gasteiger partial charge in [-0.2, -0.15) is 0 Å². The van der Waals surface area contributed by atoms with Crippen molar-refractivity contribution < 1.29 is 0 Å². The van der Waals surface area contributed by atoms with E-state index < -0.39 is 0 Å². The van der Waals surface area contributed by atoms with E-state index in [2.05, 4.69) is 26.5 Å². The molecule has 0 radical (unpaired) electrons. The van der Waals surface area contributed by atoms with Gasteiger partial charge in [0, 0.05) is 54.1 Å². The minimum absolute atomic E-state index is 0.642. The van der Waals surface area contributed by atoms with Crippen LogP contribution in [0.3, 0.4) is 0 Å². The van der Waals surface area contributed by atoms with Crippen LogP contribution >= 0.6 is 35.4 Å². The number of hydrogen-bond acceptors (Lipinski definition) is 3. The monoisotopic (exact) mass is 422 g/mol. The van der Waals surface area contributed by atoms with E-state index in [1.807, 2.05) is 42.5 Å². The van der Waals surface area contributed by atoms with Gasteiger partial charge in [0.25, 0.3) is 0 Å². The average molecular weight is 423 g/mol. The van der Waals surface area contributed by atoms with Gasteiger partial charge in [0.15, 0.2) is 5.11 Å². The van der Waals surface area contributed by atoms with Crippen LogP contribution in [0.15, 0.2) is 48.5 Å². The van der Waals surface area contributed by atoms with Gasteiger partial charge < -0.3 is 15.5 Å². The van der Waals surface area contributed by atoms with E-state index in [4.69, 9.17) is 35.4 Å². The van der Waals surface area contributed by atoms with Crippen LogP contribution in [0, 0.1) is 0 Å².